The number of ether oxygens (including phenoxy) is 1. The number of nitrogens with one attached hydrogen (secondary N) is 2. The molecular formula is C18H26N4O2. The zero-order chi connectivity index (χ0) is 17.7. The van der Waals surface area contributed by atoms with E-state index in [9.17, 15) is 4.79 Å². The van der Waals surface area contributed by atoms with Crippen molar-refractivity contribution in [2.75, 3.05) is 19.0 Å². The van der Waals surface area contributed by atoms with E-state index in [2.05, 4.69) is 36.4 Å². The van der Waals surface area contributed by atoms with Gasteiger partial charge in [-0.25, -0.2) is 9.78 Å². The molecule has 24 heavy (non-hydrogen) atoms. The molecule has 2 amide bonds. The molecule has 2 aromatic rings. The van der Waals surface area contributed by atoms with Crippen LogP contribution in [0.4, 0.5) is 10.5 Å². The normalized spacial score (nSPS) is 12.5. The van der Waals surface area contributed by atoms with Crippen LogP contribution >= 0.6 is 0 Å². The number of carbonyl (C=O) groups excluding carboxylic acids is 1. The largest absolute Gasteiger partial charge is 0.495 e. The molecule has 1 aromatic heterocycles. The summed E-state index contributed by atoms with van der Waals surface area (Å²) in [5, 5.41) is 5.75. The maximum Gasteiger partial charge on any atom is 0.319 e. The summed E-state index contributed by atoms with van der Waals surface area (Å²) in [6, 6.07) is 5.72. The van der Waals surface area contributed by atoms with Crippen LogP contribution in [0.15, 0.2) is 36.9 Å². The number of rotatable bonds is 5. The van der Waals surface area contributed by atoms with E-state index in [-0.39, 0.29) is 17.5 Å². The Balaban J connectivity index is 2.02. The fourth-order valence-corrected chi connectivity index (χ4v) is 2.31. The van der Waals surface area contributed by atoms with Crippen molar-refractivity contribution in [1.82, 2.24) is 14.9 Å². The highest BCUT2D eigenvalue weighted by molar-refractivity contribution is 5.91. The Labute approximate surface area is 143 Å². The van der Waals surface area contributed by atoms with Crippen LogP contribution in [0.5, 0.6) is 5.75 Å². The Morgan fingerprint density at radius 1 is 1.38 bits per heavy atom. The minimum absolute atomic E-state index is 0.00485. The summed E-state index contributed by atoms with van der Waals surface area (Å²) in [6.45, 7) is 8.91. The summed E-state index contributed by atoms with van der Waals surface area (Å²) in [5.41, 5.74) is 1.79. The first kappa shape index (κ1) is 17.8. The summed E-state index contributed by atoms with van der Waals surface area (Å²) >= 11 is 0. The fraction of sp³-hybridized carbons (Fsp3) is 0.444. The number of benzene rings is 1. The van der Waals surface area contributed by atoms with Crippen LogP contribution in [0.3, 0.4) is 0 Å². The predicted molar refractivity (Wildman–Crippen MR) is 95.7 cm³/mol. The minimum atomic E-state index is -0.258. The summed E-state index contributed by atoms with van der Waals surface area (Å²) < 4.78 is 7.29. The van der Waals surface area contributed by atoms with Gasteiger partial charge in [0.15, 0.2) is 0 Å². The Kier molecular flexibility index (Phi) is 5.49. The van der Waals surface area contributed by atoms with E-state index in [1.807, 2.05) is 35.9 Å². The number of hydrogen-bond acceptors (Lipinski definition) is 3. The molecule has 0 spiro atoms. The molecule has 1 aromatic carbocycles. The molecule has 0 fully saturated rings. The smallest absolute Gasteiger partial charge is 0.319 e. The Bertz CT molecular complexity index is 675. The van der Waals surface area contributed by atoms with Gasteiger partial charge in [0.2, 0.25) is 0 Å². The third kappa shape index (κ3) is 4.50. The van der Waals surface area contributed by atoms with E-state index in [1.165, 1.54) is 0 Å². The summed E-state index contributed by atoms with van der Waals surface area (Å²) in [4.78, 5) is 16.2. The second kappa shape index (κ2) is 7.38. The molecule has 130 valence electrons. The average molecular weight is 330 g/mol. The first-order chi connectivity index (χ1) is 11.3. The maximum absolute atomic E-state index is 12.2. The molecule has 6 nitrogen and oxygen atoms in total. The van der Waals surface area contributed by atoms with Crippen molar-refractivity contribution in [2.45, 2.75) is 39.2 Å². The second-order valence-electron chi connectivity index (χ2n) is 6.86. The number of nitrogens with zero attached hydrogens (tertiary/aromatic N) is 2. The maximum atomic E-state index is 12.2. The third-order valence-electron chi connectivity index (χ3n) is 3.91. The van der Waals surface area contributed by atoms with Gasteiger partial charge in [0.05, 0.1) is 19.1 Å². The molecule has 0 aliphatic heterocycles. The van der Waals surface area contributed by atoms with Crippen LogP contribution in [0.2, 0.25) is 0 Å². The molecule has 0 radical (unpaired) electrons. The molecule has 0 saturated carbocycles. The fourth-order valence-electron chi connectivity index (χ4n) is 2.31. The lowest BCUT2D eigenvalue weighted by Crippen LogP contribution is -2.33. The van der Waals surface area contributed by atoms with E-state index < -0.39 is 0 Å². The molecule has 0 bridgehead atoms. The number of aromatic nitrogens is 2. The number of carbonyl (C=O) groups is 1. The van der Waals surface area contributed by atoms with Gasteiger partial charge >= 0.3 is 6.03 Å². The number of hydrogen-bond donors (Lipinski definition) is 2. The van der Waals surface area contributed by atoms with Crippen LogP contribution < -0.4 is 15.4 Å². The molecule has 2 rings (SSSR count). The molecule has 1 heterocycles. The van der Waals surface area contributed by atoms with Crippen molar-refractivity contribution in [3.63, 3.8) is 0 Å². The standard InChI is InChI=1S/C18H26N4O2/c1-13(22-9-8-19-12-22)11-20-17(23)21-15-10-14(18(2,3)4)6-7-16(15)24-5/h6-10,12-13H,11H2,1-5H3,(H2,20,21,23)/t13-/m1/s1. The van der Waals surface area contributed by atoms with Gasteiger partial charge in [0, 0.05) is 25.0 Å². The number of anilines is 1. The average Bonchev–Trinajstić information content (AvgIpc) is 3.06. The summed E-state index contributed by atoms with van der Waals surface area (Å²) in [7, 11) is 1.59. The van der Waals surface area contributed by atoms with Crippen LogP contribution in [0, 0.1) is 0 Å². The SMILES string of the molecule is COc1ccc(C(C)(C)C)cc1NC(=O)NC[C@@H](C)n1ccnc1. The first-order valence-corrected chi connectivity index (χ1v) is 8.02. The topological polar surface area (TPSA) is 68.2 Å². The van der Waals surface area contributed by atoms with Crippen LogP contribution in [-0.4, -0.2) is 29.2 Å². The molecule has 0 aliphatic rings. The molecule has 0 unspecified atom stereocenters. The molecule has 1 atom stereocenters. The lowest BCUT2D eigenvalue weighted by molar-refractivity contribution is 0.250. The Morgan fingerprint density at radius 2 is 2.12 bits per heavy atom. The van der Waals surface area contributed by atoms with Crippen LogP contribution in [-0.2, 0) is 5.41 Å². The lowest BCUT2D eigenvalue weighted by Gasteiger charge is -2.21. The lowest BCUT2D eigenvalue weighted by atomic mass is 9.87. The zero-order valence-corrected chi connectivity index (χ0v) is 15.0. The zero-order valence-electron chi connectivity index (χ0n) is 15.0. The van der Waals surface area contributed by atoms with Gasteiger partial charge in [-0.1, -0.05) is 26.8 Å². The highest BCUT2D eigenvalue weighted by atomic mass is 16.5. The molecule has 0 saturated heterocycles. The van der Waals surface area contributed by atoms with Gasteiger partial charge in [-0.3, -0.25) is 0 Å². The van der Waals surface area contributed by atoms with E-state index in [4.69, 9.17) is 4.74 Å². The van der Waals surface area contributed by atoms with Gasteiger partial charge in [-0.2, -0.15) is 0 Å². The summed E-state index contributed by atoms with van der Waals surface area (Å²) in [6.07, 6.45) is 5.33. The van der Waals surface area contributed by atoms with Crippen molar-refractivity contribution in [2.24, 2.45) is 0 Å². The van der Waals surface area contributed by atoms with Gasteiger partial charge in [0.25, 0.3) is 0 Å². The van der Waals surface area contributed by atoms with Crippen molar-refractivity contribution in [1.29, 1.82) is 0 Å². The van der Waals surface area contributed by atoms with Gasteiger partial charge in [-0.15, -0.1) is 0 Å². The molecular weight excluding hydrogens is 304 g/mol. The van der Waals surface area contributed by atoms with Crippen molar-refractivity contribution in [3.8, 4) is 5.75 Å². The number of urea groups is 1. The molecule has 2 N–H and O–H groups in total. The van der Waals surface area contributed by atoms with Crippen molar-refractivity contribution >= 4 is 11.7 Å². The van der Waals surface area contributed by atoms with E-state index in [0.29, 0.717) is 18.0 Å². The van der Waals surface area contributed by atoms with Gasteiger partial charge < -0.3 is 19.9 Å². The van der Waals surface area contributed by atoms with Gasteiger partial charge in [-0.05, 0) is 30.0 Å². The minimum Gasteiger partial charge on any atom is -0.495 e. The third-order valence-corrected chi connectivity index (χ3v) is 3.91. The molecule has 0 aliphatic carbocycles. The molecule has 6 heteroatoms. The number of imidazole rings is 1. The van der Waals surface area contributed by atoms with Gasteiger partial charge in [0.1, 0.15) is 5.75 Å². The highest BCUT2D eigenvalue weighted by Gasteiger charge is 2.17. The highest BCUT2D eigenvalue weighted by Crippen LogP contribution is 2.31. The second-order valence-corrected chi connectivity index (χ2v) is 6.86. The predicted octanol–water partition coefficient (Wildman–Crippen LogP) is 3.57. The summed E-state index contributed by atoms with van der Waals surface area (Å²) in [5.74, 6) is 0.640. The number of methoxy groups -OCH3 is 1. The first-order valence-electron chi connectivity index (χ1n) is 8.02. The number of amides is 2. The monoisotopic (exact) mass is 330 g/mol. The van der Waals surface area contributed by atoms with Crippen molar-refractivity contribution in [3.05, 3.63) is 42.5 Å². The van der Waals surface area contributed by atoms with E-state index >= 15 is 0 Å². The van der Waals surface area contributed by atoms with E-state index in [0.717, 1.165) is 5.56 Å². The quantitative estimate of drug-likeness (QED) is 0.880. The Morgan fingerprint density at radius 3 is 2.71 bits per heavy atom. The van der Waals surface area contributed by atoms with Crippen molar-refractivity contribution < 1.29 is 9.53 Å². The van der Waals surface area contributed by atoms with Crippen LogP contribution in [0.25, 0.3) is 0 Å². The van der Waals surface area contributed by atoms with Crippen LogP contribution in [0.1, 0.15) is 39.3 Å². The van der Waals surface area contributed by atoms with E-state index in [1.54, 1.807) is 19.6 Å². The Hall–Kier alpha value is -2.50.